The van der Waals surface area contributed by atoms with Crippen LogP contribution in [-0.2, 0) is 15.0 Å². The first-order chi connectivity index (χ1) is 14.0. The van der Waals surface area contributed by atoms with Gasteiger partial charge in [-0.1, -0.05) is 42.5 Å². The summed E-state index contributed by atoms with van der Waals surface area (Å²) < 4.78 is 5.42. The summed E-state index contributed by atoms with van der Waals surface area (Å²) in [5.41, 5.74) is 0.222. The molecule has 0 spiro atoms. The zero-order valence-corrected chi connectivity index (χ0v) is 15.8. The van der Waals surface area contributed by atoms with Crippen molar-refractivity contribution in [3.8, 4) is 5.75 Å². The average Bonchev–Trinajstić information content (AvgIpc) is 3.41. The summed E-state index contributed by atoms with van der Waals surface area (Å²) in [6.45, 7) is 0.535. The summed E-state index contributed by atoms with van der Waals surface area (Å²) >= 11 is 0. The molecule has 2 aromatic carbocycles. The van der Waals surface area contributed by atoms with Gasteiger partial charge in [0.2, 0.25) is 0 Å². The molecule has 1 aliphatic carbocycles. The lowest BCUT2D eigenvalue weighted by molar-refractivity contribution is -0.385. The lowest BCUT2D eigenvalue weighted by atomic mass is 9.95. The van der Waals surface area contributed by atoms with Gasteiger partial charge in [0, 0.05) is 19.2 Å². The second-order valence-corrected chi connectivity index (χ2v) is 7.26. The summed E-state index contributed by atoms with van der Waals surface area (Å²) in [6, 6.07) is 15.6. The summed E-state index contributed by atoms with van der Waals surface area (Å²) in [5.74, 6) is -0.427. The van der Waals surface area contributed by atoms with E-state index in [0.717, 1.165) is 18.4 Å². The molecule has 1 saturated heterocycles. The minimum atomic E-state index is -0.553. The normalized spacial score (nSPS) is 17.1. The monoisotopic (exact) mass is 395 g/mol. The van der Waals surface area contributed by atoms with Crippen LogP contribution < -0.4 is 4.74 Å². The van der Waals surface area contributed by atoms with Crippen LogP contribution in [0.1, 0.15) is 24.8 Å². The van der Waals surface area contributed by atoms with E-state index in [0.29, 0.717) is 19.5 Å². The summed E-state index contributed by atoms with van der Waals surface area (Å²) in [4.78, 5) is 36.5. The number of rotatable bonds is 6. The van der Waals surface area contributed by atoms with E-state index in [2.05, 4.69) is 0 Å². The Morgan fingerprint density at radius 3 is 2.34 bits per heavy atom. The molecule has 1 saturated carbocycles. The van der Waals surface area contributed by atoms with Gasteiger partial charge >= 0.3 is 5.69 Å². The average molecular weight is 395 g/mol. The molecule has 2 aliphatic rings. The second kappa shape index (κ2) is 7.54. The molecule has 150 valence electrons. The van der Waals surface area contributed by atoms with Gasteiger partial charge in [0.25, 0.3) is 11.8 Å². The second-order valence-electron chi connectivity index (χ2n) is 7.26. The molecule has 0 bridgehead atoms. The van der Waals surface area contributed by atoms with Gasteiger partial charge in [-0.3, -0.25) is 24.7 Å². The van der Waals surface area contributed by atoms with Crippen molar-refractivity contribution >= 4 is 17.5 Å². The molecule has 0 unspecified atom stereocenters. The van der Waals surface area contributed by atoms with Gasteiger partial charge < -0.3 is 4.74 Å². The molecule has 0 radical (unpaired) electrons. The van der Waals surface area contributed by atoms with E-state index in [1.54, 1.807) is 6.07 Å². The minimum absolute atomic E-state index is 0.0332. The van der Waals surface area contributed by atoms with Crippen LogP contribution in [-0.4, -0.2) is 46.5 Å². The van der Waals surface area contributed by atoms with Gasteiger partial charge in [0.1, 0.15) is 0 Å². The van der Waals surface area contributed by atoms with Crippen molar-refractivity contribution in [2.75, 3.05) is 19.7 Å². The molecule has 1 heterocycles. The Bertz CT molecular complexity index is 942. The molecule has 8 heteroatoms. The van der Waals surface area contributed by atoms with Gasteiger partial charge in [0.05, 0.1) is 10.3 Å². The van der Waals surface area contributed by atoms with Crippen LogP contribution in [0.4, 0.5) is 5.69 Å². The maximum absolute atomic E-state index is 13.3. The maximum atomic E-state index is 13.3. The number of ether oxygens (including phenoxy) is 1. The first-order valence-corrected chi connectivity index (χ1v) is 9.57. The van der Waals surface area contributed by atoms with Crippen LogP contribution in [0.25, 0.3) is 0 Å². The largest absolute Gasteiger partial charge is 0.477 e. The number of para-hydroxylation sites is 2. The van der Waals surface area contributed by atoms with Gasteiger partial charge in [-0.2, -0.15) is 0 Å². The number of nitrogens with zero attached hydrogens (tertiary/aromatic N) is 3. The van der Waals surface area contributed by atoms with E-state index in [4.69, 9.17) is 4.74 Å². The molecule has 0 N–H and O–H groups in total. The van der Waals surface area contributed by atoms with Crippen molar-refractivity contribution in [3.63, 3.8) is 0 Å². The third-order valence-electron chi connectivity index (χ3n) is 5.45. The topological polar surface area (TPSA) is 93.0 Å². The SMILES string of the molecule is O=C(COc1ccccc1[N+](=O)[O-])N1CCCN1C(=O)C1(c2ccccc2)CC1. The summed E-state index contributed by atoms with van der Waals surface area (Å²) in [7, 11) is 0. The highest BCUT2D eigenvalue weighted by atomic mass is 16.6. The fourth-order valence-corrected chi connectivity index (χ4v) is 3.78. The van der Waals surface area contributed by atoms with Crippen molar-refractivity contribution in [1.82, 2.24) is 10.0 Å². The molecule has 2 amide bonds. The molecule has 8 nitrogen and oxygen atoms in total. The molecule has 0 atom stereocenters. The molecule has 1 aliphatic heterocycles. The smallest absolute Gasteiger partial charge is 0.310 e. The molecule has 29 heavy (non-hydrogen) atoms. The van der Waals surface area contributed by atoms with E-state index in [-0.39, 0.29) is 24.0 Å². The van der Waals surface area contributed by atoms with E-state index in [9.17, 15) is 19.7 Å². The lowest BCUT2D eigenvalue weighted by Crippen LogP contribution is -2.50. The molecular formula is C21H21N3O5. The number of nitro groups is 1. The number of hydrogen-bond donors (Lipinski definition) is 0. The quantitative estimate of drug-likeness (QED) is 0.554. The molecule has 2 fully saturated rings. The van der Waals surface area contributed by atoms with Gasteiger partial charge in [-0.05, 0) is 30.9 Å². The molecule has 2 aromatic rings. The van der Waals surface area contributed by atoms with Crippen LogP contribution in [0.5, 0.6) is 5.75 Å². The van der Waals surface area contributed by atoms with Crippen molar-refractivity contribution < 1.29 is 19.2 Å². The molecular weight excluding hydrogens is 374 g/mol. The van der Waals surface area contributed by atoms with Crippen LogP contribution in [0, 0.1) is 10.1 Å². The van der Waals surface area contributed by atoms with E-state index < -0.39 is 16.2 Å². The number of carbonyl (C=O) groups excluding carboxylic acids is 2. The Hall–Kier alpha value is -3.42. The third kappa shape index (κ3) is 3.53. The number of hydrogen-bond acceptors (Lipinski definition) is 5. The molecule has 0 aromatic heterocycles. The summed E-state index contributed by atoms with van der Waals surface area (Å²) in [6.07, 6.45) is 2.22. The van der Waals surface area contributed by atoms with E-state index >= 15 is 0 Å². The zero-order valence-electron chi connectivity index (χ0n) is 15.8. The third-order valence-corrected chi connectivity index (χ3v) is 5.45. The highest BCUT2D eigenvalue weighted by Crippen LogP contribution is 2.50. The van der Waals surface area contributed by atoms with Crippen molar-refractivity contribution in [2.45, 2.75) is 24.7 Å². The van der Waals surface area contributed by atoms with Gasteiger partial charge in [-0.15, -0.1) is 0 Å². The number of amides is 2. The number of hydrazine groups is 1. The fourth-order valence-electron chi connectivity index (χ4n) is 3.78. The lowest BCUT2D eigenvalue weighted by Gasteiger charge is -2.31. The maximum Gasteiger partial charge on any atom is 0.310 e. The Balaban J connectivity index is 1.46. The first kappa shape index (κ1) is 18.9. The summed E-state index contributed by atoms with van der Waals surface area (Å²) in [5, 5.41) is 14.0. The van der Waals surface area contributed by atoms with E-state index in [1.807, 2.05) is 30.3 Å². The highest BCUT2D eigenvalue weighted by Gasteiger charge is 2.54. The van der Waals surface area contributed by atoms with Crippen LogP contribution >= 0.6 is 0 Å². The predicted molar refractivity (Wildman–Crippen MR) is 104 cm³/mol. The number of nitro benzene ring substituents is 1. The van der Waals surface area contributed by atoms with Crippen LogP contribution in [0.15, 0.2) is 54.6 Å². The Labute approximate surface area is 167 Å². The minimum Gasteiger partial charge on any atom is -0.477 e. The predicted octanol–water partition coefficient (Wildman–Crippen LogP) is 2.68. The van der Waals surface area contributed by atoms with Gasteiger partial charge in [-0.25, -0.2) is 5.01 Å². The Morgan fingerprint density at radius 2 is 1.66 bits per heavy atom. The van der Waals surface area contributed by atoms with Crippen LogP contribution in [0.3, 0.4) is 0 Å². The van der Waals surface area contributed by atoms with Crippen LogP contribution in [0.2, 0.25) is 0 Å². The Morgan fingerprint density at radius 1 is 1.00 bits per heavy atom. The van der Waals surface area contributed by atoms with Crippen molar-refractivity contribution in [1.29, 1.82) is 0 Å². The van der Waals surface area contributed by atoms with Gasteiger partial charge in [0.15, 0.2) is 12.4 Å². The standard InChI is InChI=1S/C21H21N3O5/c25-19(15-29-18-10-5-4-9-17(18)24(27)28)22-13-6-14-23(22)20(26)21(11-12-21)16-7-2-1-3-8-16/h1-5,7-10H,6,11-15H2. The zero-order chi connectivity index (χ0) is 20.4. The fraction of sp³-hybridized carbons (Fsp3) is 0.333. The van der Waals surface area contributed by atoms with Crippen molar-refractivity contribution in [2.24, 2.45) is 0 Å². The molecule has 4 rings (SSSR count). The number of carbonyl (C=O) groups is 2. The van der Waals surface area contributed by atoms with E-state index in [1.165, 1.54) is 28.2 Å². The highest BCUT2D eigenvalue weighted by molar-refractivity contribution is 5.93. The Kier molecular flexibility index (Phi) is 4.92. The number of benzene rings is 2. The first-order valence-electron chi connectivity index (χ1n) is 9.57. The van der Waals surface area contributed by atoms with Crippen molar-refractivity contribution in [3.05, 3.63) is 70.3 Å².